The normalized spacial score (nSPS) is 29.4. The highest BCUT2D eigenvalue weighted by molar-refractivity contribution is 5.67. The van der Waals surface area contributed by atoms with Gasteiger partial charge >= 0.3 is 0 Å². The van der Waals surface area contributed by atoms with Crippen molar-refractivity contribution in [1.82, 2.24) is 0 Å². The molecule has 0 N–H and O–H groups in total. The summed E-state index contributed by atoms with van der Waals surface area (Å²) in [7, 11) is 1.70. The van der Waals surface area contributed by atoms with Crippen LogP contribution in [0.4, 0.5) is 0 Å². The molecule has 4 bridgehead atoms. The van der Waals surface area contributed by atoms with Crippen LogP contribution >= 0.6 is 0 Å². The third-order valence-electron chi connectivity index (χ3n) is 7.40. The molecule has 0 saturated heterocycles. The minimum absolute atomic E-state index is 0. The Morgan fingerprint density at radius 1 is 0.933 bits per heavy atom. The smallest absolute Gasteiger partial charge is 0.205 e. The van der Waals surface area contributed by atoms with Gasteiger partial charge in [-0.3, -0.25) is 0 Å². The SMILES string of the molecule is COc1ccc(/C=C/c2cccc[n+]2C/C=C/C23CC4CC(CC(C4)C2)C3)cc1.[Br-]. The molecule has 4 fully saturated rings. The number of halogens is 1. The molecule has 2 nitrogen and oxygen atoms in total. The van der Waals surface area contributed by atoms with Crippen molar-refractivity contribution in [2.75, 3.05) is 7.11 Å². The van der Waals surface area contributed by atoms with Gasteiger partial charge in [0.15, 0.2) is 12.7 Å². The first kappa shape index (κ1) is 21.4. The number of aromatic nitrogens is 1. The first-order chi connectivity index (χ1) is 14.2. The lowest BCUT2D eigenvalue weighted by atomic mass is 9.49. The predicted octanol–water partition coefficient (Wildman–Crippen LogP) is 2.93. The summed E-state index contributed by atoms with van der Waals surface area (Å²) in [6.07, 6.45) is 20.5. The lowest BCUT2D eigenvalue weighted by Crippen LogP contribution is -3.00. The van der Waals surface area contributed by atoms with Crippen LogP contribution in [0, 0.1) is 23.2 Å². The minimum Gasteiger partial charge on any atom is -1.00 e. The zero-order valence-corrected chi connectivity index (χ0v) is 19.4. The summed E-state index contributed by atoms with van der Waals surface area (Å²) in [5.74, 6) is 3.93. The third kappa shape index (κ3) is 4.56. The van der Waals surface area contributed by atoms with Crippen LogP contribution in [0.15, 0.2) is 60.8 Å². The van der Waals surface area contributed by atoms with Crippen molar-refractivity contribution in [3.05, 3.63) is 72.1 Å². The second kappa shape index (κ2) is 9.09. The van der Waals surface area contributed by atoms with Gasteiger partial charge in [-0.05, 0) is 97.6 Å². The second-order valence-electron chi connectivity index (χ2n) is 9.57. The van der Waals surface area contributed by atoms with Crippen molar-refractivity contribution in [3.63, 3.8) is 0 Å². The molecule has 2 aromatic rings. The Morgan fingerprint density at radius 3 is 2.23 bits per heavy atom. The van der Waals surface area contributed by atoms with E-state index in [1.54, 1.807) is 7.11 Å². The van der Waals surface area contributed by atoms with E-state index in [9.17, 15) is 0 Å². The van der Waals surface area contributed by atoms with Gasteiger partial charge in [-0.25, -0.2) is 0 Å². The van der Waals surface area contributed by atoms with E-state index in [2.05, 4.69) is 65.4 Å². The van der Waals surface area contributed by atoms with Crippen LogP contribution in [-0.4, -0.2) is 7.11 Å². The Kier molecular flexibility index (Phi) is 6.48. The van der Waals surface area contributed by atoms with Crippen molar-refractivity contribution in [2.45, 2.75) is 45.1 Å². The van der Waals surface area contributed by atoms with E-state index >= 15 is 0 Å². The molecular weight excluding hydrogens is 434 g/mol. The molecule has 0 aliphatic heterocycles. The topological polar surface area (TPSA) is 13.1 Å². The molecule has 30 heavy (non-hydrogen) atoms. The number of rotatable bonds is 6. The molecule has 0 amide bonds. The zero-order chi connectivity index (χ0) is 19.7. The van der Waals surface area contributed by atoms with Gasteiger partial charge in [0.1, 0.15) is 5.75 Å². The van der Waals surface area contributed by atoms with Crippen LogP contribution in [0.5, 0.6) is 5.75 Å². The van der Waals surface area contributed by atoms with Crippen molar-refractivity contribution < 1.29 is 26.3 Å². The second-order valence-corrected chi connectivity index (χ2v) is 9.57. The minimum atomic E-state index is 0. The summed E-state index contributed by atoms with van der Waals surface area (Å²) >= 11 is 0. The van der Waals surface area contributed by atoms with E-state index in [0.717, 1.165) is 30.0 Å². The molecular formula is C27H32BrNO. The van der Waals surface area contributed by atoms with Crippen molar-refractivity contribution in [3.8, 4) is 5.75 Å². The molecule has 0 spiro atoms. The van der Waals surface area contributed by atoms with Gasteiger partial charge in [0.25, 0.3) is 0 Å². The van der Waals surface area contributed by atoms with Crippen LogP contribution < -0.4 is 26.3 Å². The Balaban J connectivity index is 0.00000218. The van der Waals surface area contributed by atoms with Crippen LogP contribution in [-0.2, 0) is 6.54 Å². The van der Waals surface area contributed by atoms with E-state index in [4.69, 9.17) is 4.74 Å². The van der Waals surface area contributed by atoms with Gasteiger partial charge in [0.2, 0.25) is 5.69 Å². The summed E-state index contributed by atoms with van der Waals surface area (Å²) in [6.45, 7) is 0.949. The summed E-state index contributed by atoms with van der Waals surface area (Å²) in [5, 5.41) is 0. The molecule has 4 aliphatic carbocycles. The van der Waals surface area contributed by atoms with E-state index in [1.165, 1.54) is 49.8 Å². The molecule has 1 aromatic carbocycles. The van der Waals surface area contributed by atoms with Crippen molar-refractivity contribution in [1.29, 1.82) is 0 Å². The van der Waals surface area contributed by atoms with Crippen LogP contribution in [0.2, 0.25) is 0 Å². The fourth-order valence-corrected chi connectivity index (χ4v) is 6.50. The Morgan fingerprint density at radius 2 is 1.60 bits per heavy atom. The molecule has 0 atom stereocenters. The number of methoxy groups -OCH3 is 1. The first-order valence-corrected chi connectivity index (χ1v) is 11.2. The molecule has 6 rings (SSSR count). The first-order valence-electron chi connectivity index (χ1n) is 11.2. The molecule has 1 aromatic heterocycles. The Labute approximate surface area is 191 Å². The molecule has 4 saturated carbocycles. The summed E-state index contributed by atoms with van der Waals surface area (Å²) in [4.78, 5) is 0. The maximum Gasteiger partial charge on any atom is 0.205 e. The van der Waals surface area contributed by atoms with Gasteiger partial charge in [-0.2, -0.15) is 4.57 Å². The number of hydrogen-bond acceptors (Lipinski definition) is 1. The maximum atomic E-state index is 5.25. The lowest BCUT2D eigenvalue weighted by molar-refractivity contribution is -0.688. The van der Waals surface area contributed by atoms with Gasteiger partial charge in [-0.15, -0.1) is 0 Å². The third-order valence-corrected chi connectivity index (χ3v) is 7.40. The fraction of sp³-hybridized carbons (Fsp3) is 0.444. The lowest BCUT2D eigenvalue weighted by Gasteiger charge is -2.55. The summed E-state index contributed by atoms with van der Waals surface area (Å²) < 4.78 is 7.59. The summed E-state index contributed by atoms with van der Waals surface area (Å²) in [6, 6.07) is 14.6. The monoisotopic (exact) mass is 465 g/mol. The number of allylic oxidation sites excluding steroid dienone is 2. The van der Waals surface area contributed by atoms with E-state index < -0.39 is 0 Å². The Bertz CT molecular complexity index is 879. The predicted molar refractivity (Wildman–Crippen MR) is 118 cm³/mol. The quantitative estimate of drug-likeness (QED) is 0.472. The molecule has 4 aliphatic rings. The van der Waals surface area contributed by atoms with E-state index in [0.29, 0.717) is 5.41 Å². The molecule has 158 valence electrons. The van der Waals surface area contributed by atoms with Gasteiger partial charge in [-0.1, -0.05) is 18.2 Å². The van der Waals surface area contributed by atoms with Gasteiger partial charge in [0.05, 0.1) is 7.11 Å². The van der Waals surface area contributed by atoms with Gasteiger partial charge in [0, 0.05) is 18.2 Å². The Hall–Kier alpha value is -1.87. The number of pyridine rings is 1. The van der Waals surface area contributed by atoms with Crippen molar-refractivity contribution in [2.24, 2.45) is 23.2 Å². The standard InChI is InChI=1S/C27H32NO.BrH/c1-29-26-10-7-21(8-11-26)6-9-25-5-2-3-13-28(25)14-4-12-27-18-22-15-23(19-27)17-24(16-22)20-27;/h2-13,22-24H,14-20H2,1H3;1H/q+1;/p-1/b9-6+,12-4+;. The fourth-order valence-electron chi connectivity index (χ4n) is 6.50. The number of ether oxygens (including phenoxy) is 1. The number of nitrogens with zero attached hydrogens (tertiary/aromatic N) is 1. The zero-order valence-electron chi connectivity index (χ0n) is 17.8. The van der Waals surface area contributed by atoms with Crippen molar-refractivity contribution >= 4 is 12.2 Å². The highest BCUT2D eigenvalue weighted by Gasteiger charge is 2.49. The molecule has 0 radical (unpaired) electrons. The van der Waals surface area contributed by atoms with Crippen LogP contribution in [0.25, 0.3) is 12.2 Å². The maximum absolute atomic E-state index is 5.25. The average molecular weight is 466 g/mol. The number of benzene rings is 1. The van der Waals surface area contributed by atoms with Crippen LogP contribution in [0.3, 0.4) is 0 Å². The van der Waals surface area contributed by atoms with Gasteiger partial charge < -0.3 is 21.7 Å². The highest BCUT2D eigenvalue weighted by Crippen LogP contribution is 2.60. The van der Waals surface area contributed by atoms with Crippen LogP contribution in [0.1, 0.15) is 49.8 Å². The molecule has 1 heterocycles. The van der Waals surface area contributed by atoms with E-state index in [-0.39, 0.29) is 17.0 Å². The molecule has 0 unspecified atom stereocenters. The molecule has 3 heteroatoms. The highest BCUT2D eigenvalue weighted by atomic mass is 79.9. The summed E-state index contributed by atoms with van der Waals surface area (Å²) in [5.41, 5.74) is 2.94. The van der Waals surface area contributed by atoms with E-state index in [1.807, 2.05) is 12.1 Å². The number of hydrogen-bond donors (Lipinski definition) is 0. The largest absolute Gasteiger partial charge is 1.00 e. The average Bonchev–Trinajstić information content (AvgIpc) is 2.72.